The molecule has 0 bridgehead atoms. The van der Waals surface area contributed by atoms with E-state index in [1.807, 2.05) is 41.3 Å². The molecule has 0 aliphatic carbocycles. The van der Waals surface area contributed by atoms with Gasteiger partial charge in [-0.05, 0) is 49.1 Å². The molecule has 0 aromatic heterocycles. The van der Waals surface area contributed by atoms with Crippen molar-refractivity contribution in [2.45, 2.75) is 31.7 Å². The Bertz CT molecular complexity index is 851. The molecule has 1 aliphatic heterocycles. The quantitative estimate of drug-likeness (QED) is 0.671. The second-order valence-electron chi connectivity index (χ2n) is 7.01. The van der Waals surface area contributed by atoms with Gasteiger partial charge in [0.25, 0.3) is 0 Å². The lowest BCUT2D eigenvalue weighted by Crippen LogP contribution is -2.31. The number of hydrogen-bond donors (Lipinski definition) is 0. The van der Waals surface area contributed by atoms with Crippen LogP contribution in [0.5, 0.6) is 23.0 Å². The van der Waals surface area contributed by atoms with Gasteiger partial charge in [-0.2, -0.15) is 0 Å². The fraction of sp³-hybridized carbons (Fsp3) is 0.435. The fourth-order valence-corrected chi connectivity index (χ4v) is 4.02. The Morgan fingerprint density at radius 1 is 1.00 bits per heavy atom. The maximum Gasteiger partial charge on any atom is 0.223 e. The predicted molar refractivity (Wildman–Crippen MR) is 111 cm³/mol. The molecule has 1 saturated heterocycles. The molecule has 1 heterocycles. The summed E-state index contributed by atoms with van der Waals surface area (Å²) in [6.07, 6.45) is 2.89. The number of amides is 1. The molecule has 2 aromatic carbocycles. The molecular formula is C23H29NO5. The van der Waals surface area contributed by atoms with Crippen molar-refractivity contribution < 1.29 is 23.7 Å². The van der Waals surface area contributed by atoms with Crippen molar-refractivity contribution >= 4 is 5.91 Å². The Labute approximate surface area is 172 Å². The summed E-state index contributed by atoms with van der Waals surface area (Å²) >= 11 is 0. The Balaban J connectivity index is 1.76. The van der Waals surface area contributed by atoms with E-state index in [0.29, 0.717) is 24.3 Å². The lowest BCUT2D eigenvalue weighted by Gasteiger charge is -2.27. The van der Waals surface area contributed by atoms with Crippen LogP contribution in [0.25, 0.3) is 0 Å². The number of methoxy groups -OCH3 is 4. The third-order valence-corrected chi connectivity index (χ3v) is 5.46. The van der Waals surface area contributed by atoms with Crippen molar-refractivity contribution in [1.82, 2.24) is 4.90 Å². The van der Waals surface area contributed by atoms with Gasteiger partial charge in [-0.25, -0.2) is 0 Å². The molecule has 6 nitrogen and oxygen atoms in total. The number of aryl methyl sites for hydroxylation is 1. The zero-order chi connectivity index (χ0) is 20.8. The van der Waals surface area contributed by atoms with Crippen molar-refractivity contribution in [3.8, 4) is 23.0 Å². The number of carbonyl (C=O) groups excluding carboxylic acids is 1. The Hall–Kier alpha value is -2.89. The predicted octanol–water partition coefficient (Wildman–Crippen LogP) is 4.02. The van der Waals surface area contributed by atoms with E-state index in [1.54, 1.807) is 28.4 Å². The van der Waals surface area contributed by atoms with Crippen molar-refractivity contribution in [3.63, 3.8) is 0 Å². The molecule has 0 spiro atoms. The summed E-state index contributed by atoms with van der Waals surface area (Å²) in [7, 11) is 6.53. The van der Waals surface area contributed by atoms with Gasteiger partial charge in [0.15, 0.2) is 11.5 Å². The van der Waals surface area contributed by atoms with Gasteiger partial charge < -0.3 is 23.8 Å². The van der Waals surface area contributed by atoms with Crippen LogP contribution >= 0.6 is 0 Å². The number of ether oxygens (including phenoxy) is 4. The minimum atomic E-state index is -0.000227. The molecule has 0 radical (unpaired) electrons. The van der Waals surface area contributed by atoms with Crippen molar-refractivity contribution in [3.05, 3.63) is 47.5 Å². The van der Waals surface area contributed by atoms with Crippen LogP contribution in [-0.2, 0) is 11.2 Å². The smallest absolute Gasteiger partial charge is 0.223 e. The number of para-hydroxylation sites is 1. The molecule has 6 heteroatoms. The van der Waals surface area contributed by atoms with Gasteiger partial charge >= 0.3 is 0 Å². The number of likely N-dealkylation sites (tertiary alicyclic amines) is 1. The molecular weight excluding hydrogens is 370 g/mol. The highest BCUT2D eigenvalue weighted by atomic mass is 16.5. The normalized spacial score (nSPS) is 15.9. The van der Waals surface area contributed by atoms with Crippen LogP contribution < -0.4 is 18.9 Å². The van der Waals surface area contributed by atoms with Crippen molar-refractivity contribution in [2.24, 2.45) is 0 Å². The molecule has 1 atom stereocenters. The van der Waals surface area contributed by atoms with Crippen LogP contribution in [0.3, 0.4) is 0 Å². The molecule has 1 amide bonds. The van der Waals surface area contributed by atoms with Gasteiger partial charge in [0.1, 0.15) is 11.5 Å². The van der Waals surface area contributed by atoms with Crippen LogP contribution in [0.1, 0.15) is 36.4 Å². The van der Waals surface area contributed by atoms with E-state index >= 15 is 0 Å². The maximum absolute atomic E-state index is 13.1. The van der Waals surface area contributed by atoms with Crippen LogP contribution in [0.4, 0.5) is 0 Å². The van der Waals surface area contributed by atoms with E-state index < -0.39 is 0 Å². The number of rotatable bonds is 8. The first kappa shape index (κ1) is 20.8. The summed E-state index contributed by atoms with van der Waals surface area (Å²) in [6.45, 7) is 0.749. The molecule has 1 fully saturated rings. The zero-order valence-corrected chi connectivity index (χ0v) is 17.6. The van der Waals surface area contributed by atoms with Crippen LogP contribution in [-0.4, -0.2) is 45.8 Å². The highest BCUT2D eigenvalue weighted by Crippen LogP contribution is 2.39. The Kier molecular flexibility index (Phi) is 6.86. The minimum absolute atomic E-state index is 0.000227. The molecule has 156 valence electrons. The average Bonchev–Trinajstić information content (AvgIpc) is 3.26. The lowest BCUT2D eigenvalue weighted by atomic mass is 10.0. The van der Waals surface area contributed by atoms with E-state index in [-0.39, 0.29) is 11.9 Å². The summed E-state index contributed by atoms with van der Waals surface area (Å²) in [5, 5.41) is 0. The molecule has 0 saturated carbocycles. The van der Waals surface area contributed by atoms with Gasteiger partial charge in [-0.15, -0.1) is 0 Å². The Morgan fingerprint density at radius 2 is 1.79 bits per heavy atom. The molecule has 2 aromatic rings. The van der Waals surface area contributed by atoms with E-state index in [9.17, 15) is 4.79 Å². The summed E-state index contributed by atoms with van der Waals surface area (Å²) in [5.41, 5.74) is 1.96. The summed E-state index contributed by atoms with van der Waals surface area (Å²) in [4.78, 5) is 15.1. The minimum Gasteiger partial charge on any atom is -0.497 e. The largest absolute Gasteiger partial charge is 0.497 e. The second-order valence-corrected chi connectivity index (χ2v) is 7.01. The van der Waals surface area contributed by atoms with Crippen LogP contribution in [0, 0.1) is 0 Å². The second kappa shape index (κ2) is 9.54. The maximum atomic E-state index is 13.1. The first-order valence-electron chi connectivity index (χ1n) is 9.84. The van der Waals surface area contributed by atoms with E-state index in [4.69, 9.17) is 18.9 Å². The average molecular weight is 399 g/mol. The molecule has 1 unspecified atom stereocenters. The monoisotopic (exact) mass is 399 g/mol. The summed E-state index contributed by atoms with van der Waals surface area (Å²) < 4.78 is 21.8. The summed E-state index contributed by atoms with van der Waals surface area (Å²) in [5.74, 6) is 3.04. The first-order chi connectivity index (χ1) is 14.1. The third-order valence-electron chi connectivity index (χ3n) is 5.46. The number of benzene rings is 2. The molecule has 0 N–H and O–H groups in total. The lowest BCUT2D eigenvalue weighted by molar-refractivity contribution is -0.132. The summed E-state index contributed by atoms with van der Waals surface area (Å²) in [6, 6.07) is 11.5. The molecule has 1 aliphatic rings. The van der Waals surface area contributed by atoms with Gasteiger partial charge in [0.2, 0.25) is 5.91 Å². The third kappa shape index (κ3) is 4.42. The highest BCUT2D eigenvalue weighted by Gasteiger charge is 2.32. The number of hydrogen-bond acceptors (Lipinski definition) is 5. The van der Waals surface area contributed by atoms with Gasteiger partial charge in [0.05, 0.1) is 34.5 Å². The van der Waals surface area contributed by atoms with Crippen molar-refractivity contribution in [2.75, 3.05) is 35.0 Å². The van der Waals surface area contributed by atoms with Gasteiger partial charge in [-0.1, -0.05) is 12.1 Å². The SMILES string of the molecule is COc1ccc(OC)c(C2CCCN2C(=O)CCc2cccc(OC)c2OC)c1. The van der Waals surface area contributed by atoms with Crippen LogP contribution in [0.2, 0.25) is 0 Å². The molecule has 29 heavy (non-hydrogen) atoms. The van der Waals surface area contributed by atoms with Gasteiger partial charge in [-0.3, -0.25) is 4.79 Å². The number of carbonyl (C=O) groups is 1. The van der Waals surface area contributed by atoms with E-state index in [1.165, 1.54) is 0 Å². The van der Waals surface area contributed by atoms with E-state index in [2.05, 4.69) is 0 Å². The number of nitrogens with zero attached hydrogens (tertiary/aromatic N) is 1. The highest BCUT2D eigenvalue weighted by molar-refractivity contribution is 5.77. The van der Waals surface area contributed by atoms with E-state index in [0.717, 1.165) is 42.0 Å². The van der Waals surface area contributed by atoms with Crippen LogP contribution in [0.15, 0.2) is 36.4 Å². The van der Waals surface area contributed by atoms with Gasteiger partial charge in [0, 0.05) is 18.5 Å². The standard InChI is InChI=1S/C23H29NO5/c1-26-17-11-12-20(27-2)18(15-17)19-8-6-14-24(19)22(25)13-10-16-7-5-9-21(28-3)23(16)29-4/h5,7,9,11-12,15,19H,6,8,10,13-14H2,1-4H3. The zero-order valence-electron chi connectivity index (χ0n) is 17.6. The Morgan fingerprint density at radius 3 is 2.48 bits per heavy atom. The molecule has 3 rings (SSSR count). The topological polar surface area (TPSA) is 57.2 Å². The first-order valence-corrected chi connectivity index (χ1v) is 9.84. The fourth-order valence-electron chi connectivity index (χ4n) is 4.02. The van der Waals surface area contributed by atoms with Crippen molar-refractivity contribution in [1.29, 1.82) is 0 Å².